The molecule has 98 valence electrons. The van der Waals surface area contributed by atoms with Gasteiger partial charge >= 0.3 is 0 Å². The highest BCUT2D eigenvalue weighted by Gasteiger charge is 2.22. The van der Waals surface area contributed by atoms with E-state index in [2.05, 4.69) is 16.5 Å². The molecule has 0 unspecified atom stereocenters. The Kier molecular flexibility index (Phi) is 5.48. The molecule has 1 aliphatic rings. The average molecular weight is 239 g/mol. The molecule has 0 radical (unpaired) electrons. The quantitative estimate of drug-likeness (QED) is 0.159. The van der Waals surface area contributed by atoms with Crippen LogP contribution in [0.25, 0.3) is 0 Å². The van der Waals surface area contributed by atoms with E-state index < -0.39 is 0 Å². The van der Waals surface area contributed by atoms with Gasteiger partial charge in [0.25, 0.3) is 0 Å². The minimum Gasteiger partial charge on any atom is -0.409 e. The Balaban J connectivity index is 2.11. The first-order valence-electron chi connectivity index (χ1n) is 6.43. The molecule has 4 heteroatoms. The van der Waals surface area contributed by atoms with Crippen LogP contribution in [0.1, 0.15) is 46.0 Å². The van der Waals surface area contributed by atoms with Gasteiger partial charge in [-0.2, -0.15) is 0 Å². The first kappa shape index (κ1) is 14.0. The van der Waals surface area contributed by atoms with Crippen molar-refractivity contribution in [3.63, 3.8) is 0 Å². The molecule has 17 heavy (non-hydrogen) atoms. The highest BCUT2D eigenvalue weighted by molar-refractivity contribution is 5.85. The van der Waals surface area contributed by atoms with Gasteiger partial charge in [-0.3, -0.25) is 0 Å². The number of nitrogens with two attached hydrogens (primary N) is 1. The second-order valence-corrected chi connectivity index (χ2v) is 5.37. The van der Waals surface area contributed by atoms with Gasteiger partial charge in [-0.1, -0.05) is 30.7 Å². The first-order chi connectivity index (χ1) is 8.06. The second kappa shape index (κ2) is 6.64. The summed E-state index contributed by atoms with van der Waals surface area (Å²) in [5.74, 6) is 0.304. The topological polar surface area (TPSA) is 70.6 Å². The molecular formula is C13H25N3O. The molecule has 0 aromatic carbocycles. The zero-order valence-corrected chi connectivity index (χ0v) is 11.0. The van der Waals surface area contributed by atoms with E-state index in [1.807, 2.05) is 13.8 Å². The van der Waals surface area contributed by atoms with Gasteiger partial charge in [-0.25, -0.2) is 0 Å². The van der Waals surface area contributed by atoms with Crippen molar-refractivity contribution < 1.29 is 5.21 Å². The summed E-state index contributed by atoms with van der Waals surface area (Å²) >= 11 is 0. The lowest BCUT2D eigenvalue weighted by Gasteiger charge is -2.22. The fourth-order valence-corrected chi connectivity index (χ4v) is 2.00. The number of oxime groups is 1. The summed E-state index contributed by atoms with van der Waals surface area (Å²) in [6.07, 6.45) is 8.25. The van der Waals surface area contributed by atoms with Crippen LogP contribution in [0, 0.1) is 5.41 Å². The third-order valence-electron chi connectivity index (χ3n) is 3.49. The normalized spacial score (nSPS) is 17.3. The van der Waals surface area contributed by atoms with E-state index in [4.69, 9.17) is 10.9 Å². The number of hydrogen-bond acceptors (Lipinski definition) is 3. The lowest BCUT2D eigenvalue weighted by molar-refractivity contribution is 0.305. The van der Waals surface area contributed by atoms with E-state index in [1.165, 1.54) is 19.3 Å². The summed E-state index contributed by atoms with van der Waals surface area (Å²) in [5.41, 5.74) is 6.98. The molecule has 1 aliphatic carbocycles. The molecule has 4 nitrogen and oxygen atoms in total. The summed E-state index contributed by atoms with van der Waals surface area (Å²) < 4.78 is 0. The Morgan fingerprint density at radius 3 is 2.88 bits per heavy atom. The standard InChI is InChI=1S/C13H25N3O/c1-13(2,12(14)16-17)8-10-15-9-7-11-5-3-4-6-11/h5,15,17H,3-4,6-10H2,1-2H3,(H2,14,16). The zero-order valence-electron chi connectivity index (χ0n) is 11.0. The van der Waals surface area contributed by atoms with Crippen LogP contribution in [0.4, 0.5) is 0 Å². The maximum absolute atomic E-state index is 8.65. The number of rotatable bonds is 7. The highest BCUT2D eigenvalue weighted by Crippen LogP contribution is 2.21. The van der Waals surface area contributed by atoms with Gasteiger partial charge in [0.05, 0.1) is 0 Å². The van der Waals surface area contributed by atoms with Gasteiger partial charge in [-0.15, -0.1) is 0 Å². The van der Waals surface area contributed by atoms with Crippen LogP contribution in [-0.2, 0) is 0 Å². The number of nitrogens with zero attached hydrogens (tertiary/aromatic N) is 1. The van der Waals surface area contributed by atoms with Crippen LogP contribution in [0.3, 0.4) is 0 Å². The molecule has 0 atom stereocenters. The van der Waals surface area contributed by atoms with Crippen LogP contribution < -0.4 is 11.1 Å². The molecule has 0 amide bonds. The van der Waals surface area contributed by atoms with Crippen molar-refractivity contribution in [1.29, 1.82) is 0 Å². The molecule has 4 N–H and O–H groups in total. The molecular weight excluding hydrogens is 214 g/mol. The van der Waals surface area contributed by atoms with Crippen LogP contribution in [0.15, 0.2) is 16.8 Å². The first-order valence-corrected chi connectivity index (χ1v) is 6.43. The van der Waals surface area contributed by atoms with Crippen molar-refractivity contribution in [2.24, 2.45) is 16.3 Å². The molecule has 0 fully saturated rings. The third kappa shape index (κ3) is 4.77. The fraction of sp³-hybridized carbons (Fsp3) is 0.769. The summed E-state index contributed by atoms with van der Waals surface area (Å²) in [6.45, 7) is 5.90. The van der Waals surface area contributed by atoms with Crippen LogP contribution in [-0.4, -0.2) is 24.1 Å². The Bertz CT molecular complexity index is 295. The summed E-state index contributed by atoms with van der Waals surface area (Å²) in [4.78, 5) is 0. The number of allylic oxidation sites excluding steroid dienone is 1. The number of amidine groups is 1. The summed E-state index contributed by atoms with van der Waals surface area (Å²) in [6, 6.07) is 0. The second-order valence-electron chi connectivity index (χ2n) is 5.37. The van der Waals surface area contributed by atoms with Crippen LogP contribution >= 0.6 is 0 Å². The predicted octanol–water partition coefficient (Wildman–Crippen LogP) is 2.24. The molecule has 0 saturated carbocycles. The number of hydrogen-bond donors (Lipinski definition) is 3. The van der Waals surface area contributed by atoms with Gasteiger partial charge in [0.2, 0.25) is 0 Å². The van der Waals surface area contributed by atoms with E-state index in [9.17, 15) is 0 Å². The monoisotopic (exact) mass is 239 g/mol. The number of nitrogens with one attached hydrogen (secondary N) is 1. The predicted molar refractivity (Wildman–Crippen MR) is 71.2 cm³/mol. The van der Waals surface area contributed by atoms with Gasteiger partial charge in [-0.05, 0) is 45.2 Å². The van der Waals surface area contributed by atoms with E-state index in [0.717, 1.165) is 25.9 Å². The van der Waals surface area contributed by atoms with Crippen LogP contribution in [0.2, 0.25) is 0 Å². The Hall–Kier alpha value is -1.03. The molecule has 0 spiro atoms. The van der Waals surface area contributed by atoms with Crippen molar-refractivity contribution in [2.75, 3.05) is 13.1 Å². The van der Waals surface area contributed by atoms with Crippen LogP contribution in [0.5, 0.6) is 0 Å². The highest BCUT2D eigenvalue weighted by atomic mass is 16.4. The van der Waals surface area contributed by atoms with Crippen molar-refractivity contribution in [1.82, 2.24) is 5.32 Å². The summed E-state index contributed by atoms with van der Waals surface area (Å²) in [5, 5.41) is 15.1. The van der Waals surface area contributed by atoms with Crippen molar-refractivity contribution in [2.45, 2.75) is 46.0 Å². The van der Waals surface area contributed by atoms with E-state index in [0.29, 0.717) is 5.84 Å². The lowest BCUT2D eigenvalue weighted by Crippen LogP contribution is -2.35. The largest absolute Gasteiger partial charge is 0.409 e. The van der Waals surface area contributed by atoms with Gasteiger partial charge in [0.1, 0.15) is 5.84 Å². The van der Waals surface area contributed by atoms with E-state index in [-0.39, 0.29) is 5.41 Å². The summed E-state index contributed by atoms with van der Waals surface area (Å²) in [7, 11) is 0. The SMILES string of the molecule is CC(C)(CCNCCC1=CCCC1)C(N)=NO. The molecule has 0 aromatic heterocycles. The minimum atomic E-state index is -0.242. The lowest BCUT2D eigenvalue weighted by atomic mass is 9.88. The molecule has 0 heterocycles. The van der Waals surface area contributed by atoms with Gasteiger partial charge in [0, 0.05) is 5.41 Å². The Morgan fingerprint density at radius 1 is 1.53 bits per heavy atom. The average Bonchev–Trinajstić information content (AvgIpc) is 2.80. The van der Waals surface area contributed by atoms with Gasteiger partial charge < -0.3 is 16.3 Å². The molecule has 0 bridgehead atoms. The molecule has 0 aromatic rings. The Morgan fingerprint density at radius 2 is 2.29 bits per heavy atom. The van der Waals surface area contributed by atoms with Gasteiger partial charge in [0.15, 0.2) is 0 Å². The van der Waals surface area contributed by atoms with Crippen molar-refractivity contribution in [3.8, 4) is 0 Å². The van der Waals surface area contributed by atoms with Crippen molar-refractivity contribution >= 4 is 5.84 Å². The maximum Gasteiger partial charge on any atom is 0.144 e. The molecule has 0 aliphatic heterocycles. The fourth-order valence-electron chi connectivity index (χ4n) is 2.00. The smallest absolute Gasteiger partial charge is 0.144 e. The minimum absolute atomic E-state index is 0.242. The molecule has 1 rings (SSSR count). The van der Waals surface area contributed by atoms with E-state index >= 15 is 0 Å². The van der Waals surface area contributed by atoms with Crippen molar-refractivity contribution in [3.05, 3.63) is 11.6 Å². The third-order valence-corrected chi connectivity index (χ3v) is 3.49. The zero-order chi connectivity index (χ0) is 12.7. The Labute approximate surface area is 104 Å². The van der Waals surface area contributed by atoms with E-state index in [1.54, 1.807) is 5.57 Å². The molecule has 0 saturated heterocycles. The maximum atomic E-state index is 8.65.